The number of anilines is 2. The van der Waals surface area contributed by atoms with Crippen LogP contribution in [0.15, 0.2) is 12.3 Å². The van der Waals surface area contributed by atoms with E-state index in [1.807, 2.05) is 6.07 Å². The van der Waals surface area contributed by atoms with Gasteiger partial charge in [0.1, 0.15) is 17.9 Å². The van der Waals surface area contributed by atoms with Crippen LogP contribution in [0.4, 0.5) is 11.5 Å². The Kier molecular flexibility index (Phi) is 3.33. The van der Waals surface area contributed by atoms with Gasteiger partial charge in [-0.05, 0) is 25.8 Å². The predicted molar refractivity (Wildman–Crippen MR) is 67.6 cm³/mol. The summed E-state index contributed by atoms with van der Waals surface area (Å²) >= 11 is 0. The normalized spacial score (nSPS) is 15.6. The number of nitrogens with two attached hydrogens (primary N) is 1. The van der Waals surface area contributed by atoms with Crippen molar-refractivity contribution in [3.05, 3.63) is 17.8 Å². The highest BCUT2D eigenvalue weighted by atomic mass is 16.2. The summed E-state index contributed by atoms with van der Waals surface area (Å²) in [6.07, 6.45) is 3.52. The molecule has 1 unspecified atom stereocenters. The van der Waals surface area contributed by atoms with Gasteiger partial charge < -0.3 is 16.4 Å². The minimum absolute atomic E-state index is 0.0666. The summed E-state index contributed by atoms with van der Waals surface area (Å²) in [6.45, 7) is 1.75. The lowest BCUT2D eigenvalue weighted by Crippen LogP contribution is -2.39. The zero-order chi connectivity index (χ0) is 13.1. The van der Waals surface area contributed by atoms with E-state index in [4.69, 9.17) is 11.0 Å². The minimum Gasteiger partial charge on any atom is -0.396 e. The first-order valence-electron chi connectivity index (χ1n) is 5.82. The summed E-state index contributed by atoms with van der Waals surface area (Å²) in [7, 11) is 0. The molecule has 1 atom stereocenters. The number of pyridine rings is 1. The van der Waals surface area contributed by atoms with Crippen molar-refractivity contribution in [2.24, 2.45) is 0 Å². The second kappa shape index (κ2) is 4.92. The predicted octanol–water partition coefficient (Wildman–Crippen LogP) is 0.614. The number of nitrogens with zero attached hydrogens (tertiary/aromatic N) is 2. The van der Waals surface area contributed by atoms with E-state index < -0.39 is 6.04 Å². The van der Waals surface area contributed by atoms with Gasteiger partial charge in [0.25, 0.3) is 0 Å². The average Bonchev–Trinajstić information content (AvgIpc) is 3.15. The first kappa shape index (κ1) is 12.2. The van der Waals surface area contributed by atoms with Gasteiger partial charge in [-0.2, -0.15) is 5.26 Å². The molecule has 1 aliphatic carbocycles. The number of nitrogen functional groups attached to an aromatic ring is 1. The molecule has 6 nitrogen and oxygen atoms in total. The van der Waals surface area contributed by atoms with Gasteiger partial charge in [0.2, 0.25) is 5.91 Å². The van der Waals surface area contributed by atoms with Crippen molar-refractivity contribution in [2.45, 2.75) is 31.8 Å². The Morgan fingerprint density at radius 1 is 1.67 bits per heavy atom. The van der Waals surface area contributed by atoms with Crippen molar-refractivity contribution in [3.63, 3.8) is 0 Å². The Balaban J connectivity index is 1.99. The van der Waals surface area contributed by atoms with Crippen LogP contribution < -0.4 is 16.4 Å². The molecule has 1 saturated carbocycles. The quantitative estimate of drug-likeness (QED) is 0.721. The molecule has 2 rings (SSSR count). The Morgan fingerprint density at radius 3 is 2.94 bits per heavy atom. The monoisotopic (exact) mass is 245 g/mol. The second-order valence-corrected chi connectivity index (χ2v) is 4.42. The third-order valence-corrected chi connectivity index (χ3v) is 2.72. The molecule has 0 spiro atoms. The topological polar surface area (TPSA) is 104 Å². The molecule has 1 aliphatic rings. The average molecular weight is 245 g/mol. The van der Waals surface area contributed by atoms with E-state index in [0.717, 1.165) is 12.8 Å². The van der Waals surface area contributed by atoms with Crippen LogP contribution in [0.3, 0.4) is 0 Å². The molecule has 0 saturated heterocycles. The Bertz CT molecular complexity index is 504. The molecule has 18 heavy (non-hydrogen) atoms. The summed E-state index contributed by atoms with van der Waals surface area (Å²) in [5.41, 5.74) is 6.51. The van der Waals surface area contributed by atoms with Crippen molar-refractivity contribution < 1.29 is 4.79 Å². The molecular weight excluding hydrogens is 230 g/mol. The van der Waals surface area contributed by atoms with E-state index in [2.05, 4.69) is 15.6 Å². The molecule has 6 heteroatoms. The third-order valence-electron chi connectivity index (χ3n) is 2.72. The van der Waals surface area contributed by atoms with E-state index >= 15 is 0 Å². The highest BCUT2D eigenvalue weighted by Gasteiger charge is 2.25. The van der Waals surface area contributed by atoms with Gasteiger partial charge in [-0.3, -0.25) is 4.79 Å². The summed E-state index contributed by atoms with van der Waals surface area (Å²) in [4.78, 5) is 15.8. The van der Waals surface area contributed by atoms with Gasteiger partial charge >= 0.3 is 0 Å². The molecule has 0 radical (unpaired) electrons. The molecule has 1 aromatic heterocycles. The van der Waals surface area contributed by atoms with Crippen LogP contribution in [0.5, 0.6) is 0 Å². The number of hydrogen-bond donors (Lipinski definition) is 3. The maximum Gasteiger partial charge on any atom is 0.242 e. The fourth-order valence-electron chi connectivity index (χ4n) is 1.49. The van der Waals surface area contributed by atoms with Crippen molar-refractivity contribution in [1.29, 1.82) is 5.26 Å². The van der Waals surface area contributed by atoms with Crippen molar-refractivity contribution >= 4 is 17.4 Å². The lowest BCUT2D eigenvalue weighted by molar-refractivity contribution is -0.121. The molecule has 0 aliphatic heterocycles. The molecule has 1 heterocycles. The van der Waals surface area contributed by atoms with Gasteiger partial charge in [-0.15, -0.1) is 0 Å². The molecule has 1 aromatic rings. The van der Waals surface area contributed by atoms with Crippen LogP contribution in [-0.4, -0.2) is 23.0 Å². The molecular formula is C12H15N5O. The Hall–Kier alpha value is -2.29. The fourth-order valence-corrected chi connectivity index (χ4v) is 1.49. The van der Waals surface area contributed by atoms with Crippen LogP contribution in [0.25, 0.3) is 0 Å². The van der Waals surface area contributed by atoms with Gasteiger partial charge in [0.15, 0.2) is 0 Å². The van der Waals surface area contributed by atoms with E-state index in [-0.39, 0.29) is 5.91 Å². The van der Waals surface area contributed by atoms with Crippen LogP contribution >= 0.6 is 0 Å². The maximum atomic E-state index is 11.7. The van der Waals surface area contributed by atoms with E-state index in [9.17, 15) is 4.79 Å². The molecule has 1 amide bonds. The van der Waals surface area contributed by atoms with E-state index in [0.29, 0.717) is 23.1 Å². The molecule has 94 valence electrons. The van der Waals surface area contributed by atoms with Crippen LogP contribution in [-0.2, 0) is 4.79 Å². The fraction of sp³-hybridized carbons (Fsp3) is 0.417. The van der Waals surface area contributed by atoms with Gasteiger partial charge in [0.05, 0.1) is 11.3 Å². The number of nitriles is 1. The first-order chi connectivity index (χ1) is 8.60. The smallest absolute Gasteiger partial charge is 0.242 e. The Labute approximate surface area is 105 Å². The highest BCUT2D eigenvalue weighted by molar-refractivity contribution is 5.85. The number of carbonyl (C=O) groups is 1. The third kappa shape index (κ3) is 2.88. The summed E-state index contributed by atoms with van der Waals surface area (Å²) in [5, 5.41) is 14.5. The number of nitrogens with one attached hydrogen (secondary N) is 2. The zero-order valence-electron chi connectivity index (χ0n) is 10.1. The number of amides is 1. The molecule has 0 aromatic carbocycles. The van der Waals surface area contributed by atoms with E-state index in [1.165, 1.54) is 12.3 Å². The van der Waals surface area contributed by atoms with Crippen molar-refractivity contribution in [3.8, 4) is 6.07 Å². The lowest BCUT2D eigenvalue weighted by Gasteiger charge is -2.15. The summed E-state index contributed by atoms with van der Waals surface area (Å²) in [6, 6.07) is 3.40. The number of carbonyl (C=O) groups excluding carboxylic acids is 1. The lowest BCUT2D eigenvalue weighted by atomic mass is 10.2. The van der Waals surface area contributed by atoms with Crippen LogP contribution in [0.2, 0.25) is 0 Å². The van der Waals surface area contributed by atoms with Gasteiger partial charge in [-0.1, -0.05) is 0 Å². The summed E-state index contributed by atoms with van der Waals surface area (Å²) < 4.78 is 0. The first-order valence-corrected chi connectivity index (χ1v) is 5.82. The van der Waals surface area contributed by atoms with Gasteiger partial charge in [-0.25, -0.2) is 4.98 Å². The molecule has 1 fully saturated rings. The van der Waals surface area contributed by atoms with Crippen LogP contribution in [0.1, 0.15) is 25.3 Å². The highest BCUT2D eigenvalue weighted by Crippen LogP contribution is 2.20. The number of aromatic nitrogens is 1. The SMILES string of the molecule is CC(Nc1ncc(C#N)cc1N)C(=O)NC1CC1. The van der Waals surface area contributed by atoms with Crippen LogP contribution in [0, 0.1) is 11.3 Å². The maximum absolute atomic E-state index is 11.7. The van der Waals surface area contributed by atoms with Gasteiger partial charge in [0, 0.05) is 12.2 Å². The van der Waals surface area contributed by atoms with Crippen molar-refractivity contribution in [1.82, 2.24) is 10.3 Å². The standard InChI is InChI=1S/C12H15N5O/c1-7(12(18)17-9-2-3-9)16-11-10(14)4-8(5-13)6-15-11/h4,6-7,9H,2-3,14H2,1H3,(H,15,16)(H,17,18). The molecule has 4 N–H and O–H groups in total. The van der Waals surface area contributed by atoms with E-state index in [1.54, 1.807) is 6.92 Å². The summed E-state index contributed by atoms with van der Waals surface area (Å²) in [5.74, 6) is 0.357. The Morgan fingerprint density at radius 2 is 2.39 bits per heavy atom. The van der Waals surface area contributed by atoms with Crippen molar-refractivity contribution in [2.75, 3.05) is 11.1 Å². The number of hydrogen-bond acceptors (Lipinski definition) is 5. The number of rotatable bonds is 4. The molecule has 0 bridgehead atoms. The largest absolute Gasteiger partial charge is 0.396 e. The second-order valence-electron chi connectivity index (χ2n) is 4.42. The minimum atomic E-state index is -0.409. The zero-order valence-corrected chi connectivity index (χ0v) is 10.1.